The lowest BCUT2D eigenvalue weighted by Gasteiger charge is -2.35. The molecule has 0 bridgehead atoms. The molecule has 2 saturated heterocycles. The molecule has 9 heteroatoms. The summed E-state index contributed by atoms with van der Waals surface area (Å²) < 4.78 is 31.7. The van der Waals surface area contributed by atoms with Crippen molar-refractivity contribution in [3.05, 3.63) is 35.9 Å². The molecule has 1 atom stereocenters. The molecule has 0 radical (unpaired) electrons. The predicted molar refractivity (Wildman–Crippen MR) is 104 cm³/mol. The fourth-order valence-electron chi connectivity index (χ4n) is 3.68. The predicted octanol–water partition coefficient (Wildman–Crippen LogP) is 0.156. The van der Waals surface area contributed by atoms with Gasteiger partial charge in [0.25, 0.3) is 0 Å². The van der Waals surface area contributed by atoms with Crippen molar-refractivity contribution in [2.24, 2.45) is 5.92 Å². The van der Waals surface area contributed by atoms with Gasteiger partial charge >= 0.3 is 0 Å². The summed E-state index contributed by atoms with van der Waals surface area (Å²) in [7, 11) is -1.84. The number of hydrogen-bond acceptors (Lipinski definition) is 5. The molecule has 0 saturated carbocycles. The summed E-state index contributed by atoms with van der Waals surface area (Å²) >= 11 is 0. The third kappa shape index (κ3) is 4.89. The SMILES string of the molecule is COCCN1C[C@H](C(=O)N2CCN(S(=O)(=O)Cc3ccccc3)CC2)CC1=O. The first-order valence-corrected chi connectivity index (χ1v) is 11.1. The molecule has 8 nitrogen and oxygen atoms in total. The van der Waals surface area contributed by atoms with E-state index in [1.807, 2.05) is 18.2 Å². The van der Waals surface area contributed by atoms with E-state index in [-0.39, 0.29) is 43.0 Å². The first-order valence-electron chi connectivity index (χ1n) is 9.48. The van der Waals surface area contributed by atoms with Gasteiger partial charge in [0.05, 0.1) is 18.3 Å². The van der Waals surface area contributed by atoms with Gasteiger partial charge in [0.1, 0.15) is 0 Å². The zero-order valence-electron chi connectivity index (χ0n) is 16.1. The van der Waals surface area contributed by atoms with Gasteiger partial charge in [-0.25, -0.2) is 8.42 Å². The van der Waals surface area contributed by atoms with Gasteiger partial charge in [0.2, 0.25) is 21.8 Å². The topological polar surface area (TPSA) is 87.2 Å². The molecule has 2 amide bonds. The lowest BCUT2D eigenvalue weighted by atomic mass is 10.1. The van der Waals surface area contributed by atoms with Crippen molar-refractivity contribution < 1.29 is 22.7 Å². The van der Waals surface area contributed by atoms with Crippen molar-refractivity contribution in [2.45, 2.75) is 12.2 Å². The number of carbonyl (C=O) groups is 2. The number of benzene rings is 1. The van der Waals surface area contributed by atoms with Crippen LogP contribution in [0.2, 0.25) is 0 Å². The maximum absolute atomic E-state index is 12.8. The van der Waals surface area contributed by atoms with Crippen LogP contribution >= 0.6 is 0 Å². The van der Waals surface area contributed by atoms with E-state index >= 15 is 0 Å². The van der Waals surface area contributed by atoms with Crippen LogP contribution in [0.5, 0.6) is 0 Å². The zero-order valence-corrected chi connectivity index (χ0v) is 16.9. The fourth-order valence-corrected chi connectivity index (χ4v) is 5.19. The molecule has 0 aliphatic carbocycles. The Bertz CT molecular complexity index is 791. The highest BCUT2D eigenvalue weighted by atomic mass is 32.2. The zero-order chi connectivity index (χ0) is 20.1. The van der Waals surface area contributed by atoms with E-state index in [1.165, 1.54) is 4.31 Å². The monoisotopic (exact) mass is 409 g/mol. The second-order valence-electron chi connectivity index (χ2n) is 7.20. The normalized spacial score (nSPS) is 21.3. The number of rotatable bonds is 7. The summed E-state index contributed by atoms with van der Waals surface area (Å²) in [6, 6.07) is 9.08. The van der Waals surface area contributed by atoms with E-state index in [1.54, 1.807) is 29.0 Å². The first-order chi connectivity index (χ1) is 13.4. The van der Waals surface area contributed by atoms with E-state index in [2.05, 4.69) is 0 Å². The van der Waals surface area contributed by atoms with Gasteiger partial charge < -0.3 is 14.5 Å². The minimum Gasteiger partial charge on any atom is -0.383 e. The van der Waals surface area contributed by atoms with Crippen LogP contribution < -0.4 is 0 Å². The van der Waals surface area contributed by atoms with Crippen LogP contribution in [-0.2, 0) is 30.1 Å². The van der Waals surface area contributed by atoms with Crippen LogP contribution in [0.4, 0.5) is 0 Å². The smallest absolute Gasteiger partial charge is 0.228 e. The van der Waals surface area contributed by atoms with Crippen LogP contribution in [0.3, 0.4) is 0 Å². The number of piperazine rings is 1. The van der Waals surface area contributed by atoms with Crippen molar-refractivity contribution in [2.75, 3.05) is 53.0 Å². The van der Waals surface area contributed by atoms with E-state index in [0.29, 0.717) is 32.8 Å². The van der Waals surface area contributed by atoms with Crippen LogP contribution in [0.15, 0.2) is 30.3 Å². The van der Waals surface area contributed by atoms with Gasteiger partial charge in [-0.1, -0.05) is 30.3 Å². The Labute approximate surface area is 166 Å². The second-order valence-corrected chi connectivity index (χ2v) is 9.17. The van der Waals surface area contributed by atoms with Gasteiger partial charge in [0, 0.05) is 52.8 Å². The summed E-state index contributed by atoms with van der Waals surface area (Å²) in [5.74, 6) is -0.474. The van der Waals surface area contributed by atoms with Gasteiger partial charge in [-0.3, -0.25) is 9.59 Å². The van der Waals surface area contributed by atoms with Crippen LogP contribution in [0.1, 0.15) is 12.0 Å². The molecular formula is C19H27N3O5S. The van der Waals surface area contributed by atoms with E-state index < -0.39 is 10.0 Å². The molecule has 1 aromatic carbocycles. The molecule has 0 unspecified atom stereocenters. The molecule has 2 heterocycles. The molecule has 1 aromatic rings. The number of ether oxygens (including phenoxy) is 1. The third-order valence-corrected chi connectivity index (χ3v) is 7.11. The molecule has 0 N–H and O–H groups in total. The number of carbonyl (C=O) groups excluding carboxylic acids is 2. The molecule has 0 spiro atoms. The second kappa shape index (κ2) is 9.02. The number of nitrogens with zero attached hydrogens (tertiary/aromatic N) is 3. The third-order valence-electron chi connectivity index (χ3n) is 5.26. The Morgan fingerprint density at radius 2 is 1.82 bits per heavy atom. The molecule has 28 heavy (non-hydrogen) atoms. The Hall–Kier alpha value is -1.97. The molecule has 0 aromatic heterocycles. The van der Waals surface area contributed by atoms with Crippen molar-refractivity contribution in [3.8, 4) is 0 Å². The van der Waals surface area contributed by atoms with Crippen molar-refractivity contribution >= 4 is 21.8 Å². The molecular weight excluding hydrogens is 382 g/mol. The maximum Gasteiger partial charge on any atom is 0.228 e. The Kier molecular flexibility index (Phi) is 6.69. The molecule has 2 aliphatic rings. The summed E-state index contributed by atoms with van der Waals surface area (Å²) in [4.78, 5) is 28.2. The lowest BCUT2D eigenvalue weighted by molar-refractivity contribution is -0.137. The average molecular weight is 410 g/mol. The minimum absolute atomic E-state index is 0.0283. The highest BCUT2D eigenvalue weighted by Gasteiger charge is 2.38. The number of hydrogen-bond donors (Lipinski definition) is 0. The van der Waals surface area contributed by atoms with Crippen molar-refractivity contribution in [1.82, 2.24) is 14.1 Å². The van der Waals surface area contributed by atoms with Gasteiger partial charge in [-0.15, -0.1) is 0 Å². The average Bonchev–Trinajstić information content (AvgIpc) is 3.07. The Morgan fingerprint density at radius 3 is 2.46 bits per heavy atom. The van der Waals surface area contributed by atoms with Crippen LogP contribution in [0, 0.1) is 5.92 Å². The summed E-state index contributed by atoms with van der Waals surface area (Å²) in [5, 5.41) is 0. The fraction of sp³-hybridized carbons (Fsp3) is 0.579. The van der Waals surface area contributed by atoms with E-state index in [9.17, 15) is 18.0 Å². The number of amides is 2. The van der Waals surface area contributed by atoms with Gasteiger partial charge in [-0.2, -0.15) is 4.31 Å². The maximum atomic E-state index is 12.8. The molecule has 154 valence electrons. The van der Waals surface area contributed by atoms with Crippen LogP contribution in [-0.4, -0.2) is 87.3 Å². The van der Waals surface area contributed by atoms with E-state index in [0.717, 1.165) is 5.56 Å². The first kappa shape index (κ1) is 20.8. The number of likely N-dealkylation sites (tertiary alicyclic amines) is 1. The highest BCUT2D eigenvalue weighted by Crippen LogP contribution is 2.21. The van der Waals surface area contributed by atoms with Crippen LogP contribution in [0.25, 0.3) is 0 Å². The summed E-state index contributed by atoms with van der Waals surface area (Å²) in [5.41, 5.74) is 0.752. The molecule has 3 rings (SSSR count). The van der Waals surface area contributed by atoms with Gasteiger partial charge in [0.15, 0.2) is 0 Å². The van der Waals surface area contributed by atoms with Gasteiger partial charge in [-0.05, 0) is 5.56 Å². The van der Waals surface area contributed by atoms with Crippen molar-refractivity contribution in [3.63, 3.8) is 0 Å². The minimum atomic E-state index is -3.41. The largest absolute Gasteiger partial charge is 0.383 e. The van der Waals surface area contributed by atoms with Crippen molar-refractivity contribution in [1.29, 1.82) is 0 Å². The quantitative estimate of drug-likeness (QED) is 0.640. The summed E-state index contributed by atoms with van der Waals surface area (Å²) in [6.45, 7) is 2.64. The Balaban J connectivity index is 1.52. The van der Waals surface area contributed by atoms with E-state index in [4.69, 9.17) is 4.74 Å². The number of methoxy groups -OCH3 is 1. The highest BCUT2D eigenvalue weighted by molar-refractivity contribution is 7.88. The summed E-state index contributed by atoms with van der Waals surface area (Å²) in [6.07, 6.45) is 0.217. The standard InChI is InChI=1S/C19H27N3O5S/c1-27-12-11-21-14-17(13-18(21)23)19(24)20-7-9-22(10-8-20)28(25,26)15-16-5-3-2-4-6-16/h2-6,17H,7-15H2,1H3/t17-/m1/s1. The number of sulfonamides is 1. The lowest BCUT2D eigenvalue weighted by Crippen LogP contribution is -2.52. The Morgan fingerprint density at radius 1 is 1.14 bits per heavy atom. The molecule has 2 fully saturated rings. The molecule has 2 aliphatic heterocycles.